The van der Waals surface area contributed by atoms with Crippen LogP contribution in [0.25, 0.3) is 0 Å². The molecule has 1 N–H and O–H groups in total. The van der Waals surface area contributed by atoms with E-state index in [4.69, 9.17) is 9.15 Å². The Morgan fingerprint density at radius 2 is 2.14 bits per heavy atom. The Morgan fingerprint density at radius 3 is 2.91 bits per heavy atom. The molecule has 0 spiro atoms. The van der Waals surface area contributed by atoms with Crippen LogP contribution >= 0.6 is 0 Å². The van der Waals surface area contributed by atoms with Crippen molar-refractivity contribution in [2.24, 2.45) is 0 Å². The zero-order chi connectivity index (χ0) is 14.9. The van der Waals surface area contributed by atoms with Crippen molar-refractivity contribution in [3.8, 4) is 0 Å². The molecular formula is C17H18N2O3. The van der Waals surface area contributed by atoms with Crippen LogP contribution in [0.1, 0.15) is 35.1 Å². The maximum absolute atomic E-state index is 12.9. The molecule has 0 aliphatic carbocycles. The summed E-state index contributed by atoms with van der Waals surface area (Å²) in [6, 6.07) is 11.3. The van der Waals surface area contributed by atoms with Crippen LogP contribution in [0.4, 0.5) is 5.69 Å². The van der Waals surface area contributed by atoms with E-state index in [1.54, 1.807) is 6.26 Å². The lowest BCUT2D eigenvalue weighted by atomic mass is 10.1. The van der Waals surface area contributed by atoms with Gasteiger partial charge in [0.2, 0.25) is 0 Å². The molecule has 1 amide bonds. The monoisotopic (exact) mass is 298 g/mol. The van der Waals surface area contributed by atoms with Gasteiger partial charge in [0.05, 0.1) is 17.9 Å². The molecule has 22 heavy (non-hydrogen) atoms. The van der Waals surface area contributed by atoms with Crippen LogP contribution in [0, 0.1) is 0 Å². The van der Waals surface area contributed by atoms with E-state index < -0.39 is 0 Å². The van der Waals surface area contributed by atoms with Crippen LogP contribution in [-0.4, -0.2) is 30.1 Å². The summed E-state index contributed by atoms with van der Waals surface area (Å²) in [7, 11) is 0. The summed E-state index contributed by atoms with van der Waals surface area (Å²) in [6.07, 6.45) is 3.50. The van der Waals surface area contributed by atoms with Crippen LogP contribution in [0.2, 0.25) is 0 Å². The molecule has 1 saturated heterocycles. The van der Waals surface area contributed by atoms with Gasteiger partial charge in [0.25, 0.3) is 5.91 Å². The van der Waals surface area contributed by atoms with Gasteiger partial charge < -0.3 is 19.4 Å². The van der Waals surface area contributed by atoms with E-state index in [1.807, 2.05) is 41.3 Å². The Morgan fingerprint density at radius 1 is 1.23 bits per heavy atom. The second-order valence-electron chi connectivity index (χ2n) is 5.70. The molecule has 0 bridgehead atoms. The number of fused-ring (bicyclic) bond motifs is 1. The van der Waals surface area contributed by atoms with Gasteiger partial charge in [-0.15, -0.1) is 0 Å². The van der Waals surface area contributed by atoms with Crippen molar-refractivity contribution in [3.63, 3.8) is 0 Å². The lowest BCUT2D eigenvalue weighted by Gasteiger charge is -2.37. The zero-order valence-electron chi connectivity index (χ0n) is 12.2. The van der Waals surface area contributed by atoms with Gasteiger partial charge >= 0.3 is 0 Å². The second-order valence-corrected chi connectivity index (χ2v) is 5.70. The SMILES string of the molecule is O=C1c2ccccc2NC(c2ccco2)N1CC1CCCO1. The summed E-state index contributed by atoms with van der Waals surface area (Å²) < 4.78 is 11.2. The van der Waals surface area contributed by atoms with Gasteiger partial charge in [0.1, 0.15) is 5.76 Å². The fourth-order valence-electron chi connectivity index (χ4n) is 3.16. The lowest BCUT2D eigenvalue weighted by Crippen LogP contribution is -2.46. The number of para-hydroxylation sites is 1. The van der Waals surface area contributed by atoms with E-state index in [0.29, 0.717) is 12.1 Å². The molecule has 5 nitrogen and oxygen atoms in total. The number of benzene rings is 1. The van der Waals surface area contributed by atoms with Gasteiger partial charge in [-0.2, -0.15) is 0 Å². The minimum Gasteiger partial charge on any atom is -0.465 e. The van der Waals surface area contributed by atoms with Crippen LogP contribution < -0.4 is 5.32 Å². The summed E-state index contributed by atoms with van der Waals surface area (Å²) >= 11 is 0. The topological polar surface area (TPSA) is 54.7 Å². The third-order valence-corrected chi connectivity index (χ3v) is 4.26. The molecular weight excluding hydrogens is 280 g/mol. The Kier molecular flexibility index (Phi) is 3.35. The molecule has 114 valence electrons. The Bertz CT molecular complexity index is 662. The molecule has 1 fully saturated rings. The smallest absolute Gasteiger partial charge is 0.258 e. The quantitative estimate of drug-likeness (QED) is 0.946. The number of rotatable bonds is 3. The fraction of sp³-hybridized carbons (Fsp3) is 0.353. The molecule has 3 heterocycles. The molecule has 2 aliphatic rings. The van der Waals surface area contributed by atoms with E-state index in [1.165, 1.54) is 0 Å². The van der Waals surface area contributed by atoms with Crippen molar-refractivity contribution < 1.29 is 13.9 Å². The standard InChI is InChI=1S/C17H18N2O3/c20-17-13-6-1-2-7-14(13)18-16(15-8-4-10-22-15)19(17)11-12-5-3-9-21-12/h1-2,4,6-8,10,12,16,18H,3,5,9,11H2. The number of nitrogens with zero attached hydrogens (tertiary/aromatic N) is 1. The highest BCUT2D eigenvalue weighted by Gasteiger charge is 2.36. The van der Waals surface area contributed by atoms with E-state index in [2.05, 4.69) is 5.32 Å². The normalized spacial score (nSPS) is 24.2. The average molecular weight is 298 g/mol. The molecule has 2 aliphatic heterocycles. The number of amides is 1. The average Bonchev–Trinajstić information content (AvgIpc) is 3.23. The van der Waals surface area contributed by atoms with E-state index in [0.717, 1.165) is 30.9 Å². The van der Waals surface area contributed by atoms with Crippen molar-refractivity contribution in [2.45, 2.75) is 25.1 Å². The number of nitrogens with one attached hydrogen (secondary N) is 1. The third-order valence-electron chi connectivity index (χ3n) is 4.26. The van der Waals surface area contributed by atoms with Gasteiger partial charge in [-0.3, -0.25) is 4.79 Å². The van der Waals surface area contributed by atoms with Crippen LogP contribution in [0.3, 0.4) is 0 Å². The molecule has 2 unspecified atom stereocenters. The molecule has 4 rings (SSSR count). The molecule has 0 radical (unpaired) electrons. The van der Waals surface area contributed by atoms with Crippen molar-refractivity contribution >= 4 is 11.6 Å². The first kappa shape index (κ1) is 13.4. The first-order valence-electron chi connectivity index (χ1n) is 7.64. The van der Waals surface area contributed by atoms with Gasteiger partial charge in [-0.1, -0.05) is 12.1 Å². The highest BCUT2D eigenvalue weighted by atomic mass is 16.5. The minimum absolute atomic E-state index is 0.0197. The maximum Gasteiger partial charge on any atom is 0.258 e. The van der Waals surface area contributed by atoms with E-state index in [9.17, 15) is 4.79 Å². The molecule has 5 heteroatoms. The van der Waals surface area contributed by atoms with Gasteiger partial charge in [0.15, 0.2) is 6.17 Å². The predicted molar refractivity (Wildman–Crippen MR) is 81.5 cm³/mol. The van der Waals surface area contributed by atoms with Crippen LogP contribution in [-0.2, 0) is 4.74 Å². The Balaban J connectivity index is 1.69. The van der Waals surface area contributed by atoms with E-state index in [-0.39, 0.29) is 18.2 Å². The number of carbonyl (C=O) groups excluding carboxylic acids is 1. The lowest BCUT2D eigenvalue weighted by molar-refractivity contribution is 0.0402. The minimum atomic E-state index is -0.290. The van der Waals surface area contributed by atoms with Gasteiger partial charge in [-0.25, -0.2) is 0 Å². The molecule has 2 aromatic rings. The van der Waals surface area contributed by atoms with Crippen molar-refractivity contribution in [1.29, 1.82) is 0 Å². The zero-order valence-corrected chi connectivity index (χ0v) is 12.2. The second kappa shape index (κ2) is 5.50. The first-order valence-corrected chi connectivity index (χ1v) is 7.64. The number of anilines is 1. The van der Waals surface area contributed by atoms with Gasteiger partial charge in [-0.05, 0) is 37.1 Å². The summed E-state index contributed by atoms with van der Waals surface area (Å²) in [5, 5.41) is 3.41. The van der Waals surface area contributed by atoms with Gasteiger partial charge in [0, 0.05) is 18.8 Å². The highest BCUT2D eigenvalue weighted by Crippen LogP contribution is 2.34. The molecule has 1 aromatic carbocycles. The largest absolute Gasteiger partial charge is 0.465 e. The maximum atomic E-state index is 12.9. The van der Waals surface area contributed by atoms with Crippen molar-refractivity contribution in [2.75, 3.05) is 18.5 Å². The summed E-state index contributed by atoms with van der Waals surface area (Å²) in [5.74, 6) is 0.757. The van der Waals surface area contributed by atoms with Crippen molar-refractivity contribution in [3.05, 3.63) is 54.0 Å². The number of carbonyl (C=O) groups is 1. The summed E-state index contributed by atoms with van der Waals surface area (Å²) in [5.41, 5.74) is 1.54. The van der Waals surface area contributed by atoms with Crippen LogP contribution in [0.15, 0.2) is 47.1 Å². The Hall–Kier alpha value is -2.27. The number of furan rings is 1. The van der Waals surface area contributed by atoms with E-state index >= 15 is 0 Å². The molecule has 1 aromatic heterocycles. The molecule has 0 saturated carbocycles. The Labute approximate surface area is 128 Å². The predicted octanol–water partition coefficient (Wildman–Crippen LogP) is 3.03. The highest BCUT2D eigenvalue weighted by molar-refractivity contribution is 6.01. The number of hydrogen-bond acceptors (Lipinski definition) is 4. The third kappa shape index (κ3) is 2.27. The summed E-state index contributed by atoms with van der Waals surface area (Å²) in [6.45, 7) is 1.35. The molecule has 2 atom stereocenters. The number of ether oxygens (including phenoxy) is 1. The van der Waals surface area contributed by atoms with Crippen molar-refractivity contribution in [1.82, 2.24) is 4.90 Å². The first-order chi connectivity index (χ1) is 10.8. The summed E-state index contributed by atoms with van der Waals surface area (Å²) in [4.78, 5) is 14.7. The van der Waals surface area contributed by atoms with Crippen LogP contribution in [0.5, 0.6) is 0 Å². The fourth-order valence-corrected chi connectivity index (χ4v) is 3.16. The number of hydrogen-bond donors (Lipinski definition) is 1.